The molecule has 0 aliphatic carbocycles. The van der Waals surface area contributed by atoms with Gasteiger partial charge in [0.2, 0.25) is 0 Å². The van der Waals surface area contributed by atoms with Crippen LogP contribution >= 0.6 is 0 Å². The molecule has 0 atom stereocenters. The highest BCUT2D eigenvalue weighted by Crippen LogP contribution is 2.51. The molecular formula is C16H21N3O. The third-order valence-corrected chi connectivity index (χ3v) is 5.21. The highest BCUT2D eigenvalue weighted by Gasteiger charge is 2.61. The summed E-state index contributed by atoms with van der Waals surface area (Å²) in [5, 5.41) is 0. The second-order valence-electron chi connectivity index (χ2n) is 7.30. The van der Waals surface area contributed by atoms with Crippen LogP contribution in [0.25, 0.3) is 0 Å². The van der Waals surface area contributed by atoms with Gasteiger partial charge in [0, 0.05) is 31.9 Å². The Morgan fingerprint density at radius 3 is 2.15 bits per heavy atom. The van der Waals surface area contributed by atoms with Crippen LogP contribution in [0.3, 0.4) is 0 Å². The normalized spacial score (nSPS) is 45.9. The average Bonchev–Trinajstić information content (AvgIpc) is 2.34. The lowest BCUT2D eigenvalue weighted by Gasteiger charge is -2.64. The summed E-state index contributed by atoms with van der Waals surface area (Å²) < 4.78 is 0. The predicted octanol–water partition coefficient (Wildman–Crippen LogP) is 1.49. The smallest absolute Gasteiger partial charge is 0.149 e. The van der Waals surface area contributed by atoms with Gasteiger partial charge in [0.1, 0.15) is 5.78 Å². The van der Waals surface area contributed by atoms with Gasteiger partial charge in [-0.15, -0.1) is 0 Å². The Hall–Kier alpha value is -1.39. The van der Waals surface area contributed by atoms with Crippen molar-refractivity contribution in [1.82, 2.24) is 9.80 Å². The molecule has 4 aliphatic rings. The number of nitrogens with two attached hydrogens (primary N) is 1. The van der Waals surface area contributed by atoms with Crippen LogP contribution in [0.1, 0.15) is 25.6 Å². The zero-order valence-corrected chi connectivity index (χ0v) is 12.1. The molecule has 4 heterocycles. The minimum Gasteiger partial charge on any atom is -0.399 e. The number of hydrogen-bond acceptors (Lipinski definition) is 4. The fourth-order valence-corrected chi connectivity index (χ4v) is 4.74. The number of nitrogen functional groups attached to an aromatic ring is 1. The first-order valence-corrected chi connectivity index (χ1v) is 7.30. The van der Waals surface area contributed by atoms with Gasteiger partial charge in [-0.2, -0.15) is 0 Å². The number of carbonyl (C=O) groups is 1. The van der Waals surface area contributed by atoms with Crippen molar-refractivity contribution in [2.45, 2.75) is 20.0 Å². The van der Waals surface area contributed by atoms with E-state index in [1.54, 1.807) is 0 Å². The third kappa shape index (κ3) is 1.46. The molecule has 20 heavy (non-hydrogen) atoms. The summed E-state index contributed by atoms with van der Waals surface area (Å²) in [6.07, 6.45) is 0.285. The second-order valence-corrected chi connectivity index (χ2v) is 7.30. The number of benzene rings is 1. The van der Waals surface area contributed by atoms with E-state index in [0.717, 1.165) is 31.9 Å². The van der Waals surface area contributed by atoms with E-state index in [9.17, 15) is 4.79 Å². The molecule has 4 saturated heterocycles. The summed E-state index contributed by atoms with van der Waals surface area (Å²) in [6.45, 7) is 7.74. The van der Waals surface area contributed by atoms with Crippen molar-refractivity contribution in [2.75, 3.05) is 31.9 Å². The van der Waals surface area contributed by atoms with Crippen molar-refractivity contribution in [3.63, 3.8) is 0 Å². The van der Waals surface area contributed by atoms with Gasteiger partial charge in [0.15, 0.2) is 0 Å². The van der Waals surface area contributed by atoms with Gasteiger partial charge in [0.05, 0.1) is 17.0 Å². The quantitative estimate of drug-likeness (QED) is 0.786. The molecule has 1 aromatic rings. The molecule has 4 aliphatic heterocycles. The number of nitrogens with zero attached hydrogens (tertiary/aromatic N) is 2. The van der Waals surface area contributed by atoms with E-state index in [4.69, 9.17) is 5.73 Å². The minimum atomic E-state index is -0.192. The van der Waals surface area contributed by atoms with Crippen LogP contribution in [0.15, 0.2) is 24.3 Å². The molecule has 0 radical (unpaired) electrons. The van der Waals surface area contributed by atoms with Gasteiger partial charge in [-0.1, -0.05) is 26.0 Å². The molecule has 0 spiro atoms. The highest BCUT2D eigenvalue weighted by molar-refractivity contribution is 5.92. The molecule has 4 nitrogen and oxygen atoms in total. The molecule has 2 N–H and O–H groups in total. The summed E-state index contributed by atoms with van der Waals surface area (Å²) in [5.41, 5.74) is 7.62. The van der Waals surface area contributed by atoms with Crippen LogP contribution in [0.2, 0.25) is 0 Å². The maximum absolute atomic E-state index is 12.6. The summed E-state index contributed by atoms with van der Waals surface area (Å²) >= 11 is 0. The Morgan fingerprint density at radius 2 is 1.65 bits per heavy atom. The van der Waals surface area contributed by atoms with Crippen molar-refractivity contribution in [2.24, 2.45) is 10.8 Å². The standard InChI is InChI=1S/C16H21N3O/c1-15-7-18-9-16(2,14(15)20)10-19(8-15)13(18)11-4-3-5-12(17)6-11/h3-6,13H,7-10,17H2,1-2H3. The topological polar surface area (TPSA) is 49.6 Å². The van der Waals surface area contributed by atoms with E-state index >= 15 is 0 Å². The monoisotopic (exact) mass is 271 g/mol. The zero-order valence-electron chi connectivity index (χ0n) is 12.1. The number of piperidine rings is 2. The Bertz CT molecular complexity index is 557. The Kier molecular flexibility index (Phi) is 2.24. The first kappa shape index (κ1) is 12.4. The van der Waals surface area contributed by atoms with Crippen molar-refractivity contribution >= 4 is 11.5 Å². The number of ketones is 1. The van der Waals surface area contributed by atoms with Gasteiger partial charge < -0.3 is 5.73 Å². The lowest BCUT2D eigenvalue weighted by atomic mass is 9.62. The van der Waals surface area contributed by atoms with Crippen molar-refractivity contribution in [3.8, 4) is 0 Å². The summed E-state index contributed by atoms with van der Waals surface area (Å²) in [6, 6.07) is 8.16. The number of carbonyl (C=O) groups excluding carboxylic acids is 1. The molecule has 0 saturated carbocycles. The first-order valence-electron chi connectivity index (χ1n) is 7.30. The van der Waals surface area contributed by atoms with E-state index in [-0.39, 0.29) is 17.0 Å². The Morgan fingerprint density at radius 1 is 1.10 bits per heavy atom. The van der Waals surface area contributed by atoms with Gasteiger partial charge in [-0.3, -0.25) is 14.6 Å². The van der Waals surface area contributed by atoms with Crippen LogP contribution in [0.5, 0.6) is 0 Å². The molecule has 1 aromatic carbocycles. The SMILES string of the molecule is CC12CN3CC(C)(CN(C1)C3c1cccc(N)c1)C2=O. The van der Waals surface area contributed by atoms with Gasteiger partial charge in [0.25, 0.3) is 0 Å². The van der Waals surface area contributed by atoms with E-state index in [1.807, 2.05) is 12.1 Å². The Balaban J connectivity index is 1.76. The number of hydrogen-bond donors (Lipinski definition) is 1. The molecule has 5 rings (SSSR count). The van der Waals surface area contributed by atoms with Crippen LogP contribution in [0, 0.1) is 10.8 Å². The maximum Gasteiger partial charge on any atom is 0.149 e. The molecule has 4 bridgehead atoms. The second kappa shape index (κ2) is 3.62. The van der Waals surface area contributed by atoms with Crippen LogP contribution < -0.4 is 5.73 Å². The fraction of sp³-hybridized carbons (Fsp3) is 0.562. The van der Waals surface area contributed by atoms with Crippen molar-refractivity contribution < 1.29 is 4.79 Å². The van der Waals surface area contributed by atoms with Crippen molar-refractivity contribution in [1.29, 1.82) is 0 Å². The van der Waals surface area contributed by atoms with Crippen LogP contribution in [-0.4, -0.2) is 41.8 Å². The predicted molar refractivity (Wildman–Crippen MR) is 78.0 cm³/mol. The Labute approximate surface area is 119 Å². The molecule has 0 aromatic heterocycles. The number of anilines is 1. The molecule has 106 valence electrons. The van der Waals surface area contributed by atoms with Gasteiger partial charge >= 0.3 is 0 Å². The fourth-order valence-electron chi connectivity index (χ4n) is 4.74. The van der Waals surface area contributed by atoms with E-state index < -0.39 is 0 Å². The largest absolute Gasteiger partial charge is 0.399 e. The molecule has 0 amide bonds. The number of rotatable bonds is 1. The molecule has 4 fully saturated rings. The van der Waals surface area contributed by atoms with E-state index in [2.05, 4.69) is 35.8 Å². The third-order valence-electron chi connectivity index (χ3n) is 5.21. The maximum atomic E-state index is 12.6. The summed E-state index contributed by atoms with van der Waals surface area (Å²) in [4.78, 5) is 17.6. The molecule has 0 unspecified atom stereocenters. The van der Waals surface area contributed by atoms with Gasteiger partial charge in [-0.25, -0.2) is 0 Å². The lowest BCUT2D eigenvalue weighted by molar-refractivity contribution is -0.197. The number of Topliss-reactive ketones (excluding diaryl/α,β-unsaturated/α-hetero) is 1. The van der Waals surface area contributed by atoms with Crippen molar-refractivity contribution in [3.05, 3.63) is 29.8 Å². The summed E-state index contributed by atoms with van der Waals surface area (Å²) in [5.74, 6) is 0.462. The zero-order chi connectivity index (χ0) is 14.1. The summed E-state index contributed by atoms with van der Waals surface area (Å²) in [7, 11) is 0. The highest BCUT2D eigenvalue weighted by atomic mass is 16.1. The molecular weight excluding hydrogens is 250 g/mol. The minimum absolute atomic E-state index is 0.192. The molecule has 4 heteroatoms. The first-order chi connectivity index (χ1) is 9.41. The van der Waals surface area contributed by atoms with Crippen LogP contribution in [-0.2, 0) is 4.79 Å². The van der Waals surface area contributed by atoms with E-state index in [1.165, 1.54) is 5.56 Å². The average molecular weight is 271 g/mol. The van der Waals surface area contributed by atoms with Crippen LogP contribution in [0.4, 0.5) is 5.69 Å². The van der Waals surface area contributed by atoms with Gasteiger partial charge in [-0.05, 0) is 17.7 Å². The van der Waals surface area contributed by atoms with E-state index in [0.29, 0.717) is 5.78 Å². The lowest BCUT2D eigenvalue weighted by Crippen LogP contribution is -2.75.